The normalized spacial score (nSPS) is 15.8. The monoisotopic (exact) mass is 328 g/mol. The van der Waals surface area contributed by atoms with Gasteiger partial charge in [0.25, 0.3) is 5.91 Å². The van der Waals surface area contributed by atoms with Crippen molar-refractivity contribution in [3.8, 4) is 0 Å². The van der Waals surface area contributed by atoms with Gasteiger partial charge in [0.2, 0.25) is 0 Å². The number of aliphatic hydroxyl groups excluding tert-OH is 1. The Bertz CT molecular complexity index is 695. The number of rotatable bonds is 6. The zero-order chi connectivity index (χ0) is 16.9. The molecule has 1 atom stereocenters. The average Bonchev–Trinajstić information content (AvgIpc) is 3.09. The zero-order valence-corrected chi connectivity index (χ0v) is 14.0. The lowest BCUT2D eigenvalue weighted by molar-refractivity contribution is 0.0819. The molecule has 1 aromatic carbocycles. The molecule has 0 saturated heterocycles. The van der Waals surface area contributed by atoms with Gasteiger partial charge in [-0.25, -0.2) is 0 Å². The third-order valence-electron chi connectivity index (χ3n) is 4.41. The van der Waals surface area contributed by atoms with Crippen LogP contribution in [0.1, 0.15) is 34.4 Å². The predicted octanol–water partition coefficient (Wildman–Crippen LogP) is 1.99. The van der Waals surface area contributed by atoms with E-state index in [4.69, 9.17) is 4.42 Å². The van der Waals surface area contributed by atoms with E-state index in [0.717, 1.165) is 31.7 Å². The summed E-state index contributed by atoms with van der Waals surface area (Å²) in [6.45, 7) is 4.52. The Morgan fingerprint density at radius 3 is 2.83 bits per heavy atom. The smallest absolute Gasteiger partial charge is 0.287 e. The molecule has 0 fully saturated rings. The fraction of sp³-hybridized carbons (Fsp3) is 0.421. The maximum Gasteiger partial charge on any atom is 0.287 e. The Balaban J connectivity index is 1.46. The quantitative estimate of drug-likeness (QED) is 0.851. The van der Waals surface area contributed by atoms with Gasteiger partial charge in [0.05, 0.1) is 6.10 Å². The van der Waals surface area contributed by atoms with E-state index in [1.165, 1.54) is 11.1 Å². The van der Waals surface area contributed by atoms with Gasteiger partial charge in [0.1, 0.15) is 5.76 Å². The Hall–Kier alpha value is -2.11. The van der Waals surface area contributed by atoms with Crippen molar-refractivity contribution in [3.05, 3.63) is 59.0 Å². The van der Waals surface area contributed by atoms with Crippen LogP contribution in [0.2, 0.25) is 0 Å². The summed E-state index contributed by atoms with van der Waals surface area (Å²) in [6.07, 6.45) is 1.16. The van der Waals surface area contributed by atoms with E-state index in [-0.39, 0.29) is 12.5 Å². The van der Waals surface area contributed by atoms with Crippen LogP contribution < -0.4 is 5.32 Å². The van der Waals surface area contributed by atoms with Crippen molar-refractivity contribution in [2.45, 2.75) is 32.4 Å². The van der Waals surface area contributed by atoms with E-state index >= 15 is 0 Å². The predicted molar refractivity (Wildman–Crippen MR) is 91.8 cm³/mol. The molecule has 1 unspecified atom stereocenters. The van der Waals surface area contributed by atoms with Crippen LogP contribution in [0.5, 0.6) is 0 Å². The highest BCUT2D eigenvalue weighted by Crippen LogP contribution is 2.18. The fourth-order valence-electron chi connectivity index (χ4n) is 3.06. The molecule has 2 N–H and O–H groups in total. The van der Waals surface area contributed by atoms with Crippen LogP contribution in [-0.4, -0.2) is 41.7 Å². The molecule has 1 amide bonds. The number of nitrogens with one attached hydrogen (secondary N) is 1. The Kier molecular flexibility index (Phi) is 5.33. The molecule has 2 heterocycles. The second-order valence-electron chi connectivity index (χ2n) is 6.24. The van der Waals surface area contributed by atoms with Crippen LogP contribution >= 0.6 is 0 Å². The molecular weight excluding hydrogens is 304 g/mol. The summed E-state index contributed by atoms with van der Waals surface area (Å²) in [5.74, 6) is 0.802. The number of hydrogen-bond donors (Lipinski definition) is 2. The Morgan fingerprint density at radius 2 is 2.08 bits per heavy atom. The third kappa shape index (κ3) is 4.04. The van der Waals surface area contributed by atoms with Gasteiger partial charge in [-0.2, -0.15) is 0 Å². The third-order valence-corrected chi connectivity index (χ3v) is 4.41. The summed E-state index contributed by atoms with van der Waals surface area (Å²) in [7, 11) is 0. The topological polar surface area (TPSA) is 65.7 Å². The molecule has 1 aliphatic rings. The van der Waals surface area contributed by atoms with Crippen molar-refractivity contribution in [2.75, 3.05) is 19.6 Å². The van der Waals surface area contributed by atoms with Crippen LogP contribution in [0.3, 0.4) is 0 Å². The number of β-amino-alcohol motifs (C(OH)–C–C–N with tert-alkyl or cyclic N) is 1. The summed E-state index contributed by atoms with van der Waals surface area (Å²) >= 11 is 0. The molecular formula is C19H24N2O3. The van der Waals surface area contributed by atoms with Crippen molar-refractivity contribution in [3.63, 3.8) is 0 Å². The lowest BCUT2D eigenvalue weighted by Gasteiger charge is -2.30. The summed E-state index contributed by atoms with van der Waals surface area (Å²) < 4.78 is 5.41. The maximum absolute atomic E-state index is 12.0. The molecule has 0 radical (unpaired) electrons. The number of aryl methyl sites for hydroxylation is 1. The Labute approximate surface area is 142 Å². The van der Waals surface area contributed by atoms with Crippen LogP contribution in [0.25, 0.3) is 0 Å². The van der Waals surface area contributed by atoms with Gasteiger partial charge in [-0.3, -0.25) is 9.69 Å². The van der Waals surface area contributed by atoms with Gasteiger partial charge in [0.15, 0.2) is 5.76 Å². The van der Waals surface area contributed by atoms with Gasteiger partial charge in [-0.05, 0) is 29.7 Å². The van der Waals surface area contributed by atoms with Crippen molar-refractivity contribution < 1.29 is 14.3 Å². The summed E-state index contributed by atoms with van der Waals surface area (Å²) in [6, 6.07) is 11.9. The van der Waals surface area contributed by atoms with Crippen molar-refractivity contribution in [1.29, 1.82) is 0 Å². The number of carbonyl (C=O) groups is 1. The number of nitrogens with zero attached hydrogens (tertiary/aromatic N) is 1. The highest BCUT2D eigenvalue weighted by Gasteiger charge is 2.19. The maximum atomic E-state index is 12.0. The van der Waals surface area contributed by atoms with Crippen molar-refractivity contribution in [1.82, 2.24) is 10.2 Å². The lowest BCUT2D eigenvalue weighted by atomic mass is 10.00. The molecule has 2 aromatic rings. The van der Waals surface area contributed by atoms with Crippen LogP contribution in [0, 0.1) is 0 Å². The minimum absolute atomic E-state index is 0.221. The molecule has 1 aromatic heterocycles. The summed E-state index contributed by atoms with van der Waals surface area (Å²) in [4.78, 5) is 14.2. The molecule has 0 bridgehead atoms. The number of benzene rings is 1. The van der Waals surface area contributed by atoms with Gasteiger partial charge in [-0.1, -0.05) is 31.2 Å². The molecule has 128 valence electrons. The fourth-order valence-corrected chi connectivity index (χ4v) is 3.06. The molecule has 0 aliphatic carbocycles. The Morgan fingerprint density at radius 1 is 1.29 bits per heavy atom. The van der Waals surface area contributed by atoms with Crippen LogP contribution in [0.15, 0.2) is 40.8 Å². The SMILES string of the molecule is CCc1ccc(C(=O)NCC(O)CN2CCc3ccccc3C2)o1. The van der Waals surface area contributed by atoms with Crippen molar-refractivity contribution >= 4 is 5.91 Å². The molecule has 5 heteroatoms. The number of amides is 1. The van der Waals surface area contributed by atoms with E-state index in [0.29, 0.717) is 12.3 Å². The standard InChI is InChI=1S/C19H24N2O3/c1-2-17-7-8-18(24-17)19(23)20-11-16(22)13-21-10-9-14-5-3-4-6-15(14)12-21/h3-8,16,22H,2,9-13H2,1H3,(H,20,23). The van der Waals surface area contributed by atoms with Gasteiger partial charge in [-0.15, -0.1) is 0 Å². The molecule has 1 aliphatic heterocycles. The molecule has 0 saturated carbocycles. The van der Waals surface area contributed by atoms with E-state index in [2.05, 4.69) is 28.4 Å². The first-order valence-electron chi connectivity index (χ1n) is 8.50. The van der Waals surface area contributed by atoms with Gasteiger partial charge < -0.3 is 14.8 Å². The first-order valence-corrected chi connectivity index (χ1v) is 8.50. The number of aliphatic hydroxyl groups is 1. The lowest BCUT2D eigenvalue weighted by Crippen LogP contribution is -2.42. The molecule has 24 heavy (non-hydrogen) atoms. The largest absolute Gasteiger partial charge is 0.456 e. The first-order chi connectivity index (χ1) is 11.7. The van der Waals surface area contributed by atoms with Crippen molar-refractivity contribution in [2.24, 2.45) is 0 Å². The number of hydrogen-bond acceptors (Lipinski definition) is 4. The van der Waals surface area contributed by atoms with Gasteiger partial charge >= 0.3 is 0 Å². The molecule has 3 rings (SSSR count). The van der Waals surface area contributed by atoms with Crippen LogP contribution in [-0.2, 0) is 19.4 Å². The second kappa shape index (κ2) is 7.64. The van der Waals surface area contributed by atoms with E-state index < -0.39 is 6.10 Å². The number of carbonyl (C=O) groups excluding carboxylic acids is 1. The van der Waals surface area contributed by atoms with E-state index in [1.54, 1.807) is 12.1 Å². The average molecular weight is 328 g/mol. The van der Waals surface area contributed by atoms with Crippen LogP contribution in [0.4, 0.5) is 0 Å². The summed E-state index contributed by atoms with van der Waals surface area (Å²) in [5.41, 5.74) is 2.71. The zero-order valence-electron chi connectivity index (χ0n) is 14.0. The second-order valence-corrected chi connectivity index (χ2v) is 6.24. The summed E-state index contributed by atoms with van der Waals surface area (Å²) in [5, 5.41) is 12.9. The number of fused-ring (bicyclic) bond motifs is 1. The minimum atomic E-state index is -0.597. The molecule has 0 spiro atoms. The highest BCUT2D eigenvalue weighted by molar-refractivity contribution is 5.91. The highest BCUT2D eigenvalue weighted by atomic mass is 16.3. The molecule has 5 nitrogen and oxygen atoms in total. The van der Waals surface area contributed by atoms with E-state index in [9.17, 15) is 9.90 Å². The number of furan rings is 1. The van der Waals surface area contributed by atoms with E-state index in [1.807, 2.05) is 13.0 Å². The first kappa shape index (κ1) is 16.7. The van der Waals surface area contributed by atoms with Gasteiger partial charge in [0, 0.05) is 32.6 Å². The minimum Gasteiger partial charge on any atom is -0.456 e.